The van der Waals surface area contributed by atoms with Gasteiger partial charge in [0.15, 0.2) is 0 Å². The Kier molecular flexibility index (Phi) is 5.00. The lowest BCUT2D eigenvalue weighted by atomic mass is 10.2. The SMILES string of the molecule is C=C(Cl)CNCC(C)C#N. The second kappa shape index (κ2) is 5.28. The van der Waals surface area contributed by atoms with Crippen LogP contribution >= 0.6 is 11.6 Å². The van der Waals surface area contributed by atoms with Gasteiger partial charge in [-0.15, -0.1) is 0 Å². The number of rotatable bonds is 4. The van der Waals surface area contributed by atoms with Crippen LogP contribution < -0.4 is 5.32 Å². The van der Waals surface area contributed by atoms with E-state index in [0.29, 0.717) is 18.1 Å². The standard InChI is InChI=1S/C7H11ClN2/c1-6(3-9)4-10-5-7(2)8/h6,10H,2,4-5H2,1H3. The maximum Gasteiger partial charge on any atom is 0.0666 e. The molecule has 0 rings (SSSR count). The molecule has 1 N–H and O–H groups in total. The highest BCUT2D eigenvalue weighted by molar-refractivity contribution is 6.29. The molecule has 0 amide bonds. The average molecular weight is 159 g/mol. The summed E-state index contributed by atoms with van der Waals surface area (Å²) in [5, 5.41) is 11.9. The molecule has 0 aliphatic rings. The van der Waals surface area contributed by atoms with E-state index in [2.05, 4.69) is 18.0 Å². The Labute approximate surface area is 66.5 Å². The van der Waals surface area contributed by atoms with E-state index < -0.39 is 0 Å². The predicted molar refractivity (Wildman–Crippen MR) is 42.6 cm³/mol. The maximum atomic E-state index is 8.35. The van der Waals surface area contributed by atoms with Gasteiger partial charge in [0.1, 0.15) is 0 Å². The number of hydrogen-bond acceptors (Lipinski definition) is 2. The van der Waals surface area contributed by atoms with Crippen molar-refractivity contribution in [2.24, 2.45) is 5.92 Å². The monoisotopic (exact) mass is 158 g/mol. The van der Waals surface area contributed by atoms with Crippen LogP contribution in [0.1, 0.15) is 6.92 Å². The third-order valence-corrected chi connectivity index (χ3v) is 1.12. The number of nitrogens with zero attached hydrogens (tertiary/aromatic N) is 1. The molecule has 0 fully saturated rings. The summed E-state index contributed by atoms with van der Waals surface area (Å²) >= 11 is 5.46. The molecule has 1 atom stereocenters. The van der Waals surface area contributed by atoms with Gasteiger partial charge in [0.2, 0.25) is 0 Å². The number of halogens is 1. The van der Waals surface area contributed by atoms with Crippen molar-refractivity contribution in [3.63, 3.8) is 0 Å². The third-order valence-electron chi connectivity index (χ3n) is 0.988. The van der Waals surface area contributed by atoms with Gasteiger partial charge in [0.25, 0.3) is 0 Å². The Hall–Kier alpha value is -0.520. The molecule has 3 heteroatoms. The van der Waals surface area contributed by atoms with E-state index in [1.165, 1.54) is 0 Å². The van der Waals surface area contributed by atoms with Crippen molar-refractivity contribution in [2.45, 2.75) is 6.92 Å². The quantitative estimate of drug-likeness (QED) is 0.673. The average Bonchev–Trinajstić information content (AvgIpc) is 1.87. The minimum absolute atomic E-state index is 0.0380. The van der Waals surface area contributed by atoms with Gasteiger partial charge in [-0.1, -0.05) is 18.2 Å². The van der Waals surface area contributed by atoms with E-state index in [-0.39, 0.29) is 5.92 Å². The number of nitrogens with one attached hydrogen (secondary N) is 1. The fourth-order valence-electron chi connectivity index (χ4n) is 0.470. The molecule has 0 saturated carbocycles. The lowest BCUT2D eigenvalue weighted by Gasteiger charge is -2.02. The molecule has 56 valence electrons. The molecular formula is C7H11ClN2. The lowest BCUT2D eigenvalue weighted by Crippen LogP contribution is -2.21. The number of hydrogen-bond donors (Lipinski definition) is 1. The predicted octanol–water partition coefficient (Wildman–Crippen LogP) is 1.49. The van der Waals surface area contributed by atoms with Crippen LogP contribution in [-0.4, -0.2) is 13.1 Å². The first kappa shape index (κ1) is 9.48. The van der Waals surface area contributed by atoms with Crippen LogP contribution in [0.2, 0.25) is 0 Å². The topological polar surface area (TPSA) is 35.8 Å². The maximum absolute atomic E-state index is 8.35. The molecule has 0 heterocycles. The Bertz CT molecular complexity index is 148. The van der Waals surface area contributed by atoms with E-state index in [1.54, 1.807) is 0 Å². The van der Waals surface area contributed by atoms with Crippen LogP contribution in [0.15, 0.2) is 11.6 Å². The summed E-state index contributed by atoms with van der Waals surface area (Å²) in [4.78, 5) is 0. The first-order chi connectivity index (χ1) is 4.66. The molecule has 0 radical (unpaired) electrons. The van der Waals surface area contributed by atoms with Gasteiger partial charge in [0.05, 0.1) is 12.0 Å². The van der Waals surface area contributed by atoms with E-state index in [4.69, 9.17) is 16.9 Å². The van der Waals surface area contributed by atoms with Crippen LogP contribution in [0, 0.1) is 17.2 Å². The first-order valence-corrected chi connectivity index (χ1v) is 3.48. The van der Waals surface area contributed by atoms with Crippen LogP contribution in [0.3, 0.4) is 0 Å². The molecule has 0 aliphatic heterocycles. The van der Waals surface area contributed by atoms with Crippen molar-refractivity contribution in [1.29, 1.82) is 5.26 Å². The summed E-state index contributed by atoms with van der Waals surface area (Å²) < 4.78 is 0. The summed E-state index contributed by atoms with van der Waals surface area (Å²) in [6.45, 7) is 6.59. The summed E-state index contributed by atoms with van der Waals surface area (Å²) in [6.07, 6.45) is 0. The van der Waals surface area contributed by atoms with E-state index in [9.17, 15) is 0 Å². The zero-order chi connectivity index (χ0) is 7.98. The first-order valence-electron chi connectivity index (χ1n) is 3.10. The zero-order valence-electron chi connectivity index (χ0n) is 6.02. The molecule has 0 aromatic carbocycles. The minimum Gasteiger partial charge on any atom is -0.311 e. The molecule has 10 heavy (non-hydrogen) atoms. The second-order valence-corrected chi connectivity index (χ2v) is 2.71. The van der Waals surface area contributed by atoms with E-state index in [0.717, 1.165) is 0 Å². The Morgan fingerprint density at radius 3 is 2.90 bits per heavy atom. The molecular weight excluding hydrogens is 148 g/mol. The van der Waals surface area contributed by atoms with Crippen molar-refractivity contribution >= 4 is 11.6 Å². The zero-order valence-corrected chi connectivity index (χ0v) is 6.78. The van der Waals surface area contributed by atoms with Crippen molar-refractivity contribution in [3.8, 4) is 6.07 Å². The van der Waals surface area contributed by atoms with Crippen LogP contribution in [0.25, 0.3) is 0 Å². The summed E-state index contributed by atoms with van der Waals surface area (Å²) in [6, 6.07) is 2.10. The smallest absolute Gasteiger partial charge is 0.0666 e. The van der Waals surface area contributed by atoms with Gasteiger partial charge in [-0.25, -0.2) is 0 Å². The molecule has 0 aromatic rings. The van der Waals surface area contributed by atoms with Crippen molar-refractivity contribution in [2.75, 3.05) is 13.1 Å². The van der Waals surface area contributed by atoms with Gasteiger partial charge in [-0.2, -0.15) is 5.26 Å². The van der Waals surface area contributed by atoms with Gasteiger partial charge in [0, 0.05) is 18.1 Å². The molecule has 0 aromatic heterocycles. The molecule has 0 bridgehead atoms. The Balaban J connectivity index is 3.22. The highest BCUT2D eigenvalue weighted by Gasteiger charge is 1.96. The summed E-state index contributed by atoms with van der Waals surface area (Å²) in [5.41, 5.74) is 0. The molecule has 0 aliphatic carbocycles. The molecule has 0 saturated heterocycles. The Morgan fingerprint density at radius 1 is 1.90 bits per heavy atom. The van der Waals surface area contributed by atoms with Crippen molar-refractivity contribution in [3.05, 3.63) is 11.6 Å². The summed E-state index contributed by atoms with van der Waals surface area (Å²) in [7, 11) is 0. The second-order valence-electron chi connectivity index (χ2n) is 2.18. The van der Waals surface area contributed by atoms with Crippen LogP contribution in [-0.2, 0) is 0 Å². The molecule has 1 unspecified atom stereocenters. The van der Waals surface area contributed by atoms with Gasteiger partial charge < -0.3 is 5.32 Å². The van der Waals surface area contributed by atoms with Crippen molar-refractivity contribution < 1.29 is 0 Å². The fourth-order valence-corrected chi connectivity index (χ4v) is 0.564. The van der Waals surface area contributed by atoms with E-state index >= 15 is 0 Å². The fraction of sp³-hybridized carbons (Fsp3) is 0.571. The molecule has 2 nitrogen and oxygen atoms in total. The lowest BCUT2D eigenvalue weighted by molar-refractivity contribution is 0.633. The van der Waals surface area contributed by atoms with Crippen LogP contribution in [0.4, 0.5) is 0 Å². The van der Waals surface area contributed by atoms with Crippen LogP contribution in [0.5, 0.6) is 0 Å². The minimum atomic E-state index is 0.0380. The third kappa shape index (κ3) is 5.61. The van der Waals surface area contributed by atoms with Crippen molar-refractivity contribution in [1.82, 2.24) is 5.32 Å². The van der Waals surface area contributed by atoms with Gasteiger partial charge >= 0.3 is 0 Å². The largest absolute Gasteiger partial charge is 0.311 e. The molecule has 0 spiro atoms. The van der Waals surface area contributed by atoms with E-state index in [1.807, 2.05) is 6.92 Å². The Morgan fingerprint density at radius 2 is 2.50 bits per heavy atom. The highest BCUT2D eigenvalue weighted by Crippen LogP contribution is 1.93. The normalized spacial score (nSPS) is 12.1. The summed E-state index contributed by atoms with van der Waals surface area (Å²) in [5.74, 6) is 0.0380. The van der Waals surface area contributed by atoms with Gasteiger partial charge in [-0.05, 0) is 6.92 Å². The number of nitriles is 1. The van der Waals surface area contributed by atoms with Gasteiger partial charge in [-0.3, -0.25) is 0 Å². The highest BCUT2D eigenvalue weighted by atomic mass is 35.5.